The summed E-state index contributed by atoms with van der Waals surface area (Å²) in [6.07, 6.45) is 4.19. The molecule has 3 unspecified atom stereocenters. The van der Waals surface area contributed by atoms with Gasteiger partial charge in [0.2, 0.25) is 0 Å². The van der Waals surface area contributed by atoms with Gasteiger partial charge in [-0.3, -0.25) is 0 Å². The van der Waals surface area contributed by atoms with Gasteiger partial charge in [0, 0.05) is 19.9 Å². The first-order valence-electron chi connectivity index (χ1n) is 6.80. The van der Waals surface area contributed by atoms with Gasteiger partial charge in [-0.25, -0.2) is 0 Å². The predicted octanol–water partition coefficient (Wildman–Crippen LogP) is 5.84. The highest BCUT2D eigenvalue weighted by atomic mass is 79.9. The quantitative estimate of drug-likeness (QED) is 0.572. The molecule has 4 rings (SSSR count). The molecule has 2 aromatic rings. The zero-order chi connectivity index (χ0) is 12.5. The maximum Gasteiger partial charge on any atom is 0.0361 e. The summed E-state index contributed by atoms with van der Waals surface area (Å²) < 4.78 is 2.71. The van der Waals surface area contributed by atoms with Crippen LogP contribution in [0.1, 0.15) is 50.2 Å². The number of hydrogen-bond acceptors (Lipinski definition) is 1. The second-order valence-electron chi connectivity index (χ2n) is 6.37. The van der Waals surface area contributed by atoms with Gasteiger partial charge in [0.15, 0.2) is 0 Å². The van der Waals surface area contributed by atoms with Gasteiger partial charge >= 0.3 is 0 Å². The summed E-state index contributed by atoms with van der Waals surface area (Å²) in [5, 5.41) is 3.64. The van der Waals surface area contributed by atoms with E-state index < -0.39 is 0 Å². The predicted molar refractivity (Wildman–Crippen MR) is 82.6 cm³/mol. The van der Waals surface area contributed by atoms with Crippen LogP contribution in [0, 0.1) is 5.92 Å². The van der Waals surface area contributed by atoms with Crippen molar-refractivity contribution in [1.29, 1.82) is 0 Å². The standard InChI is InChI=1S/C16H17BrS/c1-9-10-3-4-16(2,7-10)13-5-12-14(17)8-18-15(12)6-11(9)13/h5-6,8-10H,3-4,7H2,1-2H3. The molecule has 0 spiro atoms. The molecular weight excluding hydrogens is 304 g/mol. The van der Waals surface area contributed by atoms with Crippen molar-refractivity contribution in [3.8, 4) is 0 Å². The van der Waals surface area contributed by atoms with E-state index in [4.69, 9.17) is 0 Å². The van der Waals surface area contributed by atoms with Gasteiger partial charge in [-0.15, -0.1) is 11.3 Å². The van der Waals surface area contributed by atoms with Crippen LogP contribution in [0.2, 0.25) is 0 Å². The number of thiophene rings is 1. The topological polar surface area (TPSA) is 0 Å². The van der Waals surface area contributed by atoms with Gasteiger partial charge in [0.25, 0.3) is 0 Å². The van der Waals surface area contributed by atoms with E-state index in [0.29, 0.717) is 5.41 Å². The highest BCUT2D eigenvalue weighted by Gasteiger charge is 2.45. The van der Waals surface area contributed by atoms with Crippen molar-refractivity contribution in [3.05, 3.63) is 33.1 Å². The van der Waals surface area contributed by atoms with Crippen molar-refractivity contribution < 1.29 is 0 Å². The Morgan fingerprint density at radius 2 is 2.22 bits per heavy atom. The molecule has 18 heavy (non-hydrogen) atoms. The summed E-state index contributed by atoms with van der Waals surface area (Å²) in [6.45, 7) is 4.91. The first-order chi connectivity index (χ1) is 8.58. The molecule has 3 atom stereocenters. The third-order valence-electron chi connectivity index (χ3n) is 5.33. The lowest BCUT2D eigenvalue weighted by atomic mass is 9.68. The summed E-state index contributed by atoms with van der Waals surface area (Å²) in [5.74, 6) is 1.67. The SMILES string of the molecule is CC1c2cc3scc(Br)c3cc2C2(C)CCC1C2. The number of benzene rings is 1. The van der Waals surface area contributed by atoms with Crippen molar-refractivity contribution in [1.82, 2.24) is 0 Å². The fourth-order valence-electron chi connectivity index (χ4n) is 4.17. The Kier molecular flexibility index (Phi) is 2.30. The Labute approximate surface area is 121 Å². The molecule has 1 saturated carbocycles. The molecule has 1 aromatic heterocycles. The summed E-state index contributed by atoms with van der Waals surface area (Å²) in [7, 11) is 0. The van der Waals surface area contributed by atoms with Crippen LogP contribution < -0.4 is 0 Å². The second-order valence-corrected chi connectivity index (χ2v) is 8.14. The number of halogens is 1. The fourth-order valence-corrected chi connectivity index (χ4v) is 5.76. The first-order valence-corrected chi connectivity index (χ1v) is 8.47. The average molecular weight is 321 g/mol. The molecule has 2 heteroatoms. The minimum absolute atomic E-state index is 0.447. The van der Waals surface area contributed by atoms with Crippen LogP contribution >= 0.6 is 27.3 Å². The van der Waals surface area contributed by atoms with E-state index >= 15 is 0 Å². The van der Waals surface area contributed by atoms with E-state index in [1.54, 1.807) is 11.1 Å². The lowest BCUT2D eigenvalue weighted by Crippen LogP contribution is -2.26. The molecule has 94 valence electrons. The molecule has 0 N–H and O–H groups in total. The molecule has 0 saturated heterocycles. The number of hydrogen-bond donors (Lipinski definition) is 0. The van der Waals surface area contributed by atoms with Crippen molar-refractivity contribution >= 4 is 37.4 Å². The Balaban J connectivity index is 2.06. The van der Waals surface area contributed by atoms with Gasteiger partial charge in [0.1, 0.15) is 0 Å². The van der Waals surface area contributed by atoms with Crippen molar-refractivity contribution in [2.45, 2.75) is 44.4 Å². The van der Waals surface area contributed by atoms with Gasteiger partial charge in [0.05, 0.1) is 0 Å². The van der Waals surface area contributed by atoms with E-state index in [2.05, 4.69) is 47.3 Å². The molecule has 1 aromatic carbocycles. The van der Waals surface area contributed by atoms with E-state index in [0.717, 1.165) is 11.8 Å². The Morgan fingerprint density at radius 3 is 3.06 bits per heavy atom. The molecule has 2 aliphatic rings. The zero-order valence-corrected chi connectivity index (χ0v) is 13.2. The monoisotopic (exact) mass is 320 g/mol. The van der Waals surface area contributed by atoms with Crippen molar-refractivity contribution in [2.24, 2.45) is 5.92 Å². The minimum Gasteiger partial charge on any atom is -0.143 e. The maximum absolute atomic E-state index is 3.69. The van der Waals surface area contributed by atoms with Gasteiger partial charge < -0.3 is 0 Å². The number of rotatable bonds is 0. The van der Waals surface area contributed by atoms with Crippen molar-refractivity contribution in [3.63, 3.8) is 0 Å². The van der Waals surface area contributed by atoms with Crippen LogP contribution in [0.5, 0.6) is 0 Å². The summed E-state index contributed by atoms with van der Waals surface area (Å²) >= 11 is 5.55. The van der Waals surface area contributed by atoms with Crippen molar-refractivity contribution in [2.75, 3.05) is 0 Å². The van der Waals surface area contributed by atoms with Gasteiger partial charge in [-0.05, 0) is 75.7 Å². The molecule has 1 heterocycles. The van der Waals surface area contributed by atoms with Crippen LogP contribution in [0.3, 0.4) is 0 Å². The molecular formula is C16H17BrS. The average Bonchev–Trinajstić information content (AvgIpc) is 2.90. The fraction of sp³-hybridized carbons (Fsp3) is 0.500. The smallest absolute Gasteiger partial charge is 0.0361 e. The highest BCUT2D eigenvalue weighted by Crippen LogP contribution is 2.56. The first kappa shape index (κ1) is 11.5. The van der Waals surface area contributed by atoms with E-state index in [9.17, 15) is 0 Å². The lowest BCUT2D eigenvalue weighted by molar-refractivity contribution is 0.375. The van der Waals surface area contributed by atoms with E-state index in [1.165, 1.54) is 33.8 Å². The molecule has 2 aliphatic carbocycles. The molecule has 1 fully saturated rings. The Morgan fingerprint density at radius 1 is 1.39 bits per heavy atom. The van der Waals surface area contributed by atoms with Gasteiger partial charge in [-0.2, -0.15) is 0 Å². The van der Waals surface area contributed by atoms with Crippen LogP contribution in [0.15, 0.2) is 22.0 Å². The second kappa shape index (κ2) is 3.61. The number of fused-ring (bicyclic) bond motifs is 5. The lowest BCUT2D eigenvalue weighted by Gasteiger charge is -2.36. The van der Waals surface area contributed by atoms with Gasteiger partial charge in [-0.1, -0.05) is 13.8 Å². The summed E-state index contributed by atoms with van der Waals surface area (Å²) in [5.41, 5.74) is 3.71. The summed E-state index contributed by atoms with van der Waals surface area (Å²) in [4.78, 5) is 0. The maximum atomic E-state index is 3.69. The third kappa shape index (κ3) is 1.36. The zero-order valence-electron chi connectivity index (χ0n) is 10.8. The largest absolute Gasteiger partial charge is 0.143 e. The Bertz CT molecular complexity index is 642. The Hall–Kier alpha value is -0.340. The molecule has 2 bridgehead atoms. The van der Waals surface area contributed by atoms with E-state index in [1.807, 2.05) is 11.3 Å². The highest BCUT2D eigenvalue weighted by molar-refractivity contribution is 9.10. The van der Waals surface area contributed by atoms with Crippen LogP contribution in [0.25, 0.3) is 10.1 Å². The summed E-state index contributed by atoms with van der Waals surface area (Å²) in [6, 6.07) is 4.95. The molecule has 0 radical (unpaired) electrons. The molecule has 0 aliphatic heterocycles. The van der Waals surface area contributed by atoms with Crippen LogP contribution in [-0.4, -0.2) is 0 Å². The van der Waals surface area contributed by atoms with Crippen LogP contribution in [0.4, 0.5) is 0 Å². The molecule has 0 amide bonds. The van der Waals surface area contributed by atoms with Crippen LogP contribution in [-0.2, 0) is 5.41 Å². The molecule has 0 nitrogen and oxygen atoms in total. The normalized spacial score (nSPS) is 33.9. The minimum atomic E-state index is 0.447. The third-order valence-corrected chi connectivity index (χ3v) is 7.23. The van der Waals surface area contributed by atoms with E-state index in [-0.39, 0.29) is 0 Å².